The number of hydrogen-bond donors (Lipinski definition) is 2. The maximum atomic E-state index is 13.7. The van der Waals surface area contributed by atoms with Crippen molar-refractivity contribution in [1.29, 1.82) is 0 Å². The van der Waals surface area contributed by atoms with Crippen LogP contribution in [-0.2, 0) is 4.74 Å². The maximum Gasteiger partial charge on any atom is 0.340 e. The number of hydrogen-bond acceptors (Lipinski definition) is 4. The molecule has 1 aromatic carbocycles. The Morgan fingerprint density at radius 3 is 2.78 bits per heavy atom. The molecule has 0 spiro atoms. The summed E-state index contributed by atoms with van der Waals surface area (Å²) in [6.45, 7) is 3.98. The van der Waals surface area contributed by atoms with Gasteiger partial charge in [-0.1, -0.05) is 0 Å². The first-order chi connectivity index (χ1) is 8.45. The van der Waals surface area contributed by atoms with Crippen molar-refractivity contribution in [2.24, 2.45) is 0 Å². The van der Waals surface area contributed by atoms with E-state index < -0.39 is 11.8 Å². The molecule has 5 heteroatoms. The Kier molecular flexibility index (Phi) is 3.15. The highest BCUT2D eigenvalue weighted by atomic mass is 19.1. The lowest BCUT2D eigenvalue weighted by molar-refractivity contribution is 0.0527. The average molecular weight is 252 g/mol. The van der Waals surface area contributed by atoms with Gasteiger partial charge in [0.2, 0.25) is 0 Å². The molecule has 0 unspecified atom stereocenters. The van der Waals surface area contributed by atoms with Crippen molar-refractivity contribution >= 4 is 17.3 Å². The van der Waals surface area contributed by atoms with Gasteiger partial charge in [0.25, 0.3) is 0 Å². The molecule has 4 nitrogen and oxygen atoms in total. The Bertz CT molecular complexity index is 484. The normalized spacial score (nSPS) is 16.2. The highest BCUT2D eigenvalue weighted by Crippen LogP contribution is 2.39. The van der Waals surface area contributed by atoms with E-state index in [4.69, 9.17) is 10.5 Å². The number of halogens is 1. The third-order valence-electron chi connectivity index (χ3n) is 3.07. The van der Waals surface area contributed by atoms with Crippen molar-refractivity contribution in [3.63, 3.8) is 0 Å². The second-order valence-corrected chi connectivity index (χ2v) is 4.83. The lowest BCUT2D eigenvalue weighted by Gasteiger charge is -2.16. The summed E-state index contributed by atoms with van der Waals surface area (Å²) in [6.07, 6.45) is 1.98. The van der Waals surface area contributed by atoms with Crippen molar-refractivity contribution < 1.29 is 13.9 Å². The van der Waals surface area contributed by atoms with E-state index in [9.17, 15) is 9.18 Å². The Morgan fingerprint density at radius 1 is 1.56 bits per heavy atom. The minimum absolute atomic E-state index is 0.0666. The van der Waals surface area contributed by atoms with Crippen LogP contribution >= 0.6 is 0 Å². The van der Waals surface area contributed by atoms with E-state index in [2.05, 4.69) is 5.32 Å². The molecular weight excluding hydrogens is 235 g/mol. The monoisotopic (exact) mass is 252 g/mol. The van der Waals surface area contributed by atoms with E-state index in [1.54, 1.807) is 6.92 Å². The van der Waals surface area contributed by atoms with Crippen LogP contribution in [0.1, 0.15) is 37.0 Å². The number of nitrogen functional groups attached to an aromatic ring is 1. The van der Waals surface area contributed by atoms with Gasteiger partial charge in [-0.3, -0.25) is 0 Å². The van der Waals surface area contributed by atoms with E-state index in [1.165, 1.54) is 6.07 Å². The number of benzene rings is 1. The third-order valence-corrected chi connectivity index (χ3v) is 3.07. The van der Waals surface area contributed by atoms with E-state index in [0.29, 0.717) is 5.69 Å². The Hall–Kier alpha value is -1.78. The molecule has 0 aromatic heterocycles. The Labute approximate surface area is 105 Å². The average Bonchev–Trinajstić information content (AvgIpc) is 3.01. The van der Waals surface area contributed by atoms with Crippen LogP contribution in [0.3, 0.4) is 0 Å². The van der Waals surface area contributed by atoms with Gasteiger partial charge < -0.3 is 15.8 Å². The quantitative estimate of drug-likeness (QED) is 0.638. The summed E-state index contributed by atoms with van der Waals surface area (Å²) in [7, 11) is 0. The SMILES string of the molecule is CCOC(=O)c1cc(NC2(C)CC2)c(F)cc1N. The first-order valence-electron chi connectivity index (χ1n) is 5.99. The van der Waals surface area contributed by atoms with Crippen LogP contribution in [0.25, 0.3) is 0 Å². The molecule has 0 amide bonds. The number of nitrogens with one attached hydrogen (secondary N) is 1. The summed E-state index contributed by atoms with van der Waals surface area (Å²) in [5, 5.41) is 3.09. The third kappa shape index (κ3) is 2.55. The van der Waals surface area contributed by atoms with Crippen molar-refractivity contribution in [2.45, 2.75) is 32.2 Å². The summed E-state index contributed by atoms with van der Waals surface area (Å²) in [5.41, 5.74) is 6.16. The van der Waals surface area contributed by atoms with Crippen LogP contribution in [-0.4, -0.2) is 18.1 Å². The van der Waals surface area contributed by atoms with E-state index in [-0.39, 0.29) is 23.4 Å². The molecule has 1 fully saturated rings. The Balaban J connectivity index is 2.30. The molecule has 0 saturated heterocycles. The van der Waals surface area contributed by atoms with Gasteiger partial charge in [0.05, 0.1) is 17.9 Å². The lowest BCUT2D eigenvalue weighted by Crippen LogP contribution is -2.18. The molecule has 18 heavy (non-hydrogen) atoms. The van der Waals surface area contributed by atoms with Gasteiger partial charge in [0.15, 0.2) is 0 Å². The first kappa shape index (κ1) is 12.7. The van der Waals surface area contributed by atoms with Gasteiger partial charge in [-0.15, -0.1) is 0 Å². The lowest BCUT2D eigenvalue weighted by atomic mass is 10.1. The van der Waals surface area contributed by atoms with Gasteiger partial charge in [-0.2, -0.15) is 0 Å². The number of anilines is 2. The molecule has 0 atom stereocenters. The molecule has 98 valence electrons. The standard InChI is InChI=1S/C13H17FN2O2/c1-3-18-12(17)8-6-11(9(14)7-10(8)15)16-13(2)4-5-13/h6-7,16H,3-5,15H2,1-2H3. The zero-order valence-corrected chi connectivity index (χ0v) is 10.5. The van der Waals surface area contributed by atoms with Crippen molar-refractivity contribution in [1.82, 2.24) is 0 Å². The number of ether oxygens (including phenoxy) is 1. The molecule has 0 radical (unpaired) electrons. The van der Waals surface area contributed by atoms with Crippen molar-refractivity contribution in [3.8, 4) is 0 Å². The fourth-order valence-electron chi connectivity index (χ4n) is 1.71. The summed E-state index contributed by atoms with van der Waals surface area (Å²) in [6, 6.07) is 2.58. The number of carbonyl (C=O) groups excluding carboxylic acids is 1. The summed E-state index contributed by atoms with van der Waals surface area (Å²) in [4.78, 5) is 11.7. The van der Waals surface area contributed by atoms with Crippen LogP contribution < -0.4 is 11.1 Å². The van der Waals surface area contributed by atoms with E-state index in [0.717, 1.165) is 18.9 Å². The zero-order valence-electron chi connectivity index (χ0n) is 10.5. The number of nitrogens with two attached hydrogens (primary N) is 1. The molecule has 3 N–H and O–H groups in total. The molecule has 0 heterocycles. The second-order valence-electron chi connectivity index (χ2n) is 4.83. The molecular formula is C13H17FN2O2. The fourth-order valence-corrected chi connectivity index (χ4v) is 1.71. The van der Waals surface area contributed by atoms with Gasteiger partial charge in [-0.05, 0) is 38.8 Å². The number of esters is 1. The van der Waals surface area contributed by atoms with Crippen LogP contribution in [0, 0.1) is 5.82 Å². The number of rotatable bonds is 4. The molecule has 1 aromatic rings. The summed E-state index contributed by atoms with van der Waals surface area (Å²) >= 11 is 0. The molecule has 1 aliphatic carbocycles. The summed E-state index contributed by atoms with van der Waals surface area (Å²) in [5.74, 6) is -0.979. The molecule has 1 aliphatic rings. The van der Waals surface area contributed by atoms with Crippen LogP contribution in [0.15, 0.2) is 12.1 Å². The highest BCUT2D eigenvalue weighted by molar-refractivity contribution is 5.96. The zero-order chi connectivity index (χ0) is 13.3. The van der Waals surface area contributed by atoms with Gasteiger partial charge in [0, 0.05) is 11.2 Å². The number of carbonyl (C=O) groups is 1. The maximum absolute atomic E-state index is 13.7. The summed E-state index contributed by atoms with van der Waals surface area (Å²) < 4.78 is 18.6. The van der Waals surface area contributed by atoms with Gasteiger partial charge in [-0.25, -0.2) is 9.18 Å². The van der Waals surface area contributed by atoms with Crippen LogP contribution in [0.5, 0.6) is 0 Å². The molecule has 2 rings (SSSR count). The first-order valence-corrected chi connectivity index (χ1v) is 5.99. The highest BCUT2D eigenvalue weighted by Gasteiger charge is 2.37. The Morgan fingerprint density at radius 2 is 2.22 bits per heavy atom. The predicted octanol–water partition coefficient (Wildman–Crippen LogP) is 2.55. The largest absolute Gasteiger partial charge is 0.462 e. The van der Waals surface area contributed by atoms with Crippen molar-refractivity contribution in [3.05, 3.63) is 23.5 Å². The molecule has 0 aliphatic heterocycles. The van der Waals surface area contributed by atoms with Gasteiger partial charge in [0.1, 0.15) is 5.82 Å². The minimum Gasteiger partial charge on any atom is -0.462 e. The molecule has 0 bridgehead atoms. The van der Waals surface area contributed by atoms with Crippen LogP contribution in [0.4, 0.5) is 15.8 Å². The topological polar surface area (TPSA) is 64.3 Å². The van der Waals surface area contributed by atoms with Crippen LogP contribution in [0.2, 0.25) is 0 Å². The fraction of sp³-hybridized carbons (Fsp3) is 0.462. The second kappa shape index (κ2) is 4.48. The predicted molar refractivity (Wildman–Crippen MR) is 68.0 cm³/mol. The van der Waals surface area contributed by atoms with E-state index in [1.807, 2.05) is 6.92 Å². The van der Waals surface area contributed by atoms with E-state index >= 15 is 0 Å². The smallest absolute Gasteiger partial charge is 0.340 e. The molecule has 1 saturated carbocycles. The minimum atomic E-state index is -0.529. The van der Waals surface area contributed by atoms with Crippen molar-refractivity contribution in [2.75, 3.05) is 17.7 Å². The van der Waals surface area contributed by atoms with Gasteiger partial charge >= 0.3 is 5.97 Å².